The number of halogens is 5. The molecule has 0 fully saturated rings. The smallest absolute Gasteiger partial charge is 0.194 e. The van der Waals surface area contributed by atoms with Crippen LogP contribution in [0.5, 0.6) is 0 Å². The van der Waals surface area contributed by atoms with Crippen molar-refractivity contribution in [2.45, 2.75) is 39.5 Å². The molecule has 0 aromatic heterocycles. The Hall–Kier alpha value is -3.13. The summed E-state index contributed by atoms with van der Waals surface area (Å²) < 4.78 is 69.2. The van der Waals surface area contributed by atoms with E-state index < -0.39 is 29.1 Å². The van der Waals surface area contributed by atoms with Gasteiger partial charge in [-0.3, -0.25) is 0 Å². The van der Waals surface area contributed by atoms with E-state index in [1.54, 1.807) is 18.2 Å². The lowest BCUT2D eigenvalue weighted by Gasteiger charge is -2.11. The predicted molar refractivity (Wildman–Crippen MR) is 112 cm³/mol. The molecule has 0 aliphatic carbocycles. The molecule has 0 radical (unpaired) electrons. The number of aryl methyl sites for hydroxylation is 2. The topological polar surface area (TPSA) is 0 Å². The second-order valence-electron chi connectivity index (χ2n) is 7.27. The molecule has 0 aliphatic rings. The standard InChI is InChI=1S/C26H21F5/c1-3-5-6-16-11-21(27)25(22(28)12-16)20-10-9-19(18(4-2)15-20)8-7-17-13-23(29)26(31)24(30)14-17/h9-15H,3-6H2,1-2H3. The van der Waals surface area contributed by atoms with E-state index in [9.17, 15) is 22.0 Å². The third-order valence-corrected chi connectivity index (χ3v) is 5.02. The summed E-state index contributed by atoms with van der Waals surface area (Å²) in [6, 6.07) is 9.19. The zero-order valence-electron chi connectivity index (χ0n) is 17.3. The van der Waals surface area contributed by atoms with Gasteiger partial charge in [-0.05, 0) is 72.4 Å². The van der Waals surface area contributed by atoms with Crippen LogP contribution < -0.4 is 0 Å². The SMILES string of the molecule is CCCCc1cc(F)c(-c2ccc(C#Cc3cc(F)c(F)c(F)c3)c(CC)c2)c(F)c1. The summed E-state index contributed by atoms with van der Waals surface area (Å²) in [6.07, 6.45) is 2.93. The molecule has 0 N–H and O–H groups in total. The fraction of sp³-hybridized carbons (Fsp3) is 0.231. The highest BCUT2D eigenvalue weighted by molar-refractivity contribution is 5.68. The molecule has 0 spiro atoms. The van der Waals surface area contributed by atoms with Crippen LogP contribution in [-0.4, -0.2) is 0 Å². The maximum Gasteiger partial charge on any atom is 0.194 e. The van der Waals surface area contributed by atoms with Gasteiger partial charge in [0.1, 0.15) is 11.6 Å². The maximum absolute atomic E-state index is 14.7. The molecule has 3 aromatic rings. The first-order valence-electron chi connectivity index (χ1n) is 10.1. The molecular weight excluding hydrogens is 407 g/mol. The maximum atomic E-state index is 14.7. The Morgan fingerprint density at radius 3 is 1.97 bits per heavy atom. The van der Waals surface area contributed by atoms with Crippen molar-refractivity contribution in [3.8, 4) is 23.0 Å². The Labute approximate surface area is 178 Å². The van der Waals surface area contributed by atoms with Crippen LogP contribution in [0.4, 0.5) is 22.0 Å². The average Bonchev–Trinajstić information content (AvgIpc) is 2.74. The van der Waals surface area contributed by atoms with E-state index in [1.807, 2.05) is 13.8 Å². The first-order chi connectivity index (χ1) is 14.8. The van der Waals surface area contributed by atoms with Crippen molar-refractivity contribution >= 4 is 0 Å². The van der Waals surface area contributed by atoms with Crippen LogP contribution in [0.3, 0.4) is 0 Å². The van der Waals surface area contributed by atoms with Gasteiger partial charge in [0.05, 0.1) is 5.56 Å². The first-order valence-corrected chi connectivity index (χ1v) is 10.1. The van der Waals surface area contributed by atoms with Crippen LogP contribution in [0.25, 0.3) is 11.1 Å². The van der Waals surface area contributed by atoms with Gasteiger partial charge in [0, 0.05) is 11.1 Å². The van der Waals surface area contributed by atoms with Gasteiger partial charge < -0.3 is 0 Å². The molecule has 160 valence electrons. The van der Waals surface area contributed by atoms with Gasteiger partial charge >= 0.3 is 0 Å². The van der Waals surface area contributed by atoms with E-state index in [-0.39, 0.29) is 11.1 Å². The summed E-state index contributed by atoms with van der Waals surface area (Å²) in [5, 5.41) is 0. The predicted octanol–water partition coefficient (Wildman–Crippen LogP) is 7.35. The van der Waals surface area contributed by atoms with Crippen LogP contribution in [0.15, 0.2) is 42.5 Å². The third kappa shape index (κ3) is 5.14. The van der Waals surface area contributed by atoms with Crippen LogP contribution in [0, 0.1) is 40.9 Å². The minimum absolute atomic E-state index is 0.0118. The molecule has 0 saturated carbocycles. The highest BCUT2D eigenvalue weighted by atomic mass is 19.2. The second kappa shape index (κ2) is 9.78. The van der Waals surface area contributed by atoms with Crippen molar-refractivity contribution in [3.63, 3.8) is 0 Å². The summed E-state index contributed by atoms with van der Waals surface area (Å²) in [4.78, 5) is 0. The normalized spacial score (nSPS) is 10.7. The summed E-state index contributed by atoms with van der Waals surface area (Å²) in [5.41, 5.74) is 2.17. The van der Waals surface area contributed by atoms with Crippen LogP contribution in [0.2, 0.25) is 0 Å². The van der Waals surface area contributed by atoms with Gasteiger partial charge in [-0.25, -0.2) is 22.0 Å². The van der Waals surface area contributed by atoms with Crippen molar-refractivity contribution < 1.29 is 22.0 Å². The molecule has 0 bridgehead atoms. The van der Waals surface area contributed by atoms with Gasteiger partial charge in [0.15, 0.2) is 17.5 Å². The molecule has 0 amide bonds. The highest BCUT2D eigenvalue weighted by Gasteiger charge is 2.15. The lowest BCUT2D eigenvalue weighted by atomic mass is 9.95. The Morgan fingerprint density at radius 2 is 1.39 bits per heavy atom. The molecule has 5 heteroatoms. The lowest BCUT2D eigenvalue weighted by molar-refractivity contribution is 0.446. The lowest BCUT2D eigenvalue weighted by Crippen LogP contribution is -1.97. The van der Waals surface area contributed by atoms with Gasteiger partial charge in [0.25, 0.3) is 0 Å². The van der Waals surface area contributed by atoms with E-state index in [0.29, 0.717) is 29.5 Å². The molecule has 0 saturated heterocycles. The van der Waals surface area contributed by atoms with Crippen molar-refractivity contribution in [1.82, 2.24) is 0 Å². The largest absolute Gasteiger partial charge is 0.206 e. The number of hydrogen-bond donors (Lipinski definition) is 0. The Balaban J connectivity index is 1.97. The summed E-state index contributed by atoms with van der Waals surface area (Å²) >= 11 is 0. The van der Waals surface area contributed by atoms with Crippen molar-refractivity contribution in [3.05, 3.63) is 93.8 Å². The van der Waals surface area contributed by atoms with Crippen LogP contribution >= 0.6 is 0 Å². The second-order valence-corrected chi connectivity index (χ2v) is 7.27. The van der Waals surface area contributed by atoms with Gasteiger partial charge in [-0.2, -0.15) is 0 Å². The molecule has 0 nitrogen and oxygen atoms in total. The summed E-state index contributed by atoms with van der Waals surface area (Å²) in [6.45, 7) is 3.88. The fourth-order valence-electron chi connectivity index (χ4n) is 3.36. The quantitative estimate of drug-likeness (QED) is 0.226. The molecule has 3 aromatic carbocycles. The number of hydrogen-bond acceptors (Lipinski definition) is 0. The summed E-state index contributed by atoms with van der Waals surface area (Å²) in [7, 11) is 0. The Bertz CT molecular complexity index is 1120. The molecule has 3 rings (SSSR count). The van der Waals surface area contributed by atoms with E-state index in [4.69, 9.17) is 0 Å². The molecule has 0 unspecified atom stereocenters. The molecular formula is C26H21F5. The minimum Gasteiger partial charge on any atom is -0.206 e. The van der Waals surface area contributed by atoms with Crippen molar-refractivity contribution in [2.24, 2.45) is 0 Å². The highest BCUT2D eigenvalue weighted by Crippen LogP contribution is 2.29. The molecule has 0 heterocycles. The van der Waals surface area contributed by atoms with Crippen molar-refractivity contribution in [1.29, 1.82) is 0 Å². The molecule has 0 atom stereocenters. The number of rotatable bonds is 5. The monoisotopic (exact) mass is 428 g/mol. The van der Waals surface area contributed by atoms with Gasteiger partial charge in [-0.15, -0.1) is 0 Å². The zero-order chi connectivity index (χ0) is 22.5. The molecule has 31 heavy (non-hydrogen) atoms. The number of unbranched alkanes of at least 4 members (excludes halogenated alkanes) is 1. The zero-order valence-corrected chi connectivity index (χ0v) is 17.3. The molecule has 0 aliphatic heterocycles. The Morgan fingerprint density at radius 1 is 0.742 bits per heavy atom. The minimum atomic E-state index is -1.55. The Kier molecular flexibility index (Phi) is 7.12. The van der Waals surface area contributed by atoms with E-state index in [0.717, 1.165) is 30.5 Å². The first kappa shape index (κ1) is 22.6. The van der Waals surface area contributed by atoms with E-state index >= 15 is 0 Å². The van der Waals surface area contributed by atoms with Gasteiger partial charge in [-0.1, -0.05) is 38.2 Å². The van der Waals surface area contributed by atoms with Crippen molar-refractivity contribution in [2.75, 3.05) is 0 Å². The van der Waals surface area contributed by atoms with E-state index in [2.05, 4.69) is 11.8 Å². The number of benzene rings is 3. The van der Waals surface area contributed by atoms with Crippen LogP contribution in [-0.2, 0) is 12.8 Å². The van der Waals surface area contributed by atoms with Crippen LogP contribution in [0.1, 0.15) is 48.9 Å². The van der Waals surface area contributed by atoms with E-state index in [1.165, 1.54) is 12.1 Å². The average molecular weight is 428 g/mol. The third-order valence-electron chi connectivity index (χ3n) is 5.02. The fourth-order valence-corrected chi connectivity index (χ4v) is 3.36. The van der Waals surface area contributed by atoms with Gasteiger partial charge in [0.2, 0.25) is 0 Å². The summed E-state index contributed by atoms with van der Waals surface area (Å²) in [5.74, 6) is -0.0114.